The van der Waals surface area contributed by atoms with Crippen molar-refractivity contribution in [1.29, 1.82) is 0 Å². The Morgan fingerprint density at radius 1 is 1.33 bits per heavy atom. The van der Waals surface area contributed by atoms with Crippen LogP contribution in [-0.4, -0.2) is 9.97 Å². The number of aromatic nitrogens is 1. The first-order chi connectivity index (χ1) is 8.56. The van der Waals surface area contributed by atoms with Crippen LogP contribution in [0, 0.1) is 12.7 Å². The zero-order valence-electron chi connectivity index (χ0n) is 9.68. The topological polar surface area (TPSA) is 48.1 Å². The van der Waals surface area contributed by atoms with Crippen molar-refractivity contribution in [3.63, 3.8) is 0 Å². The molecule has 0 fully saturated rings. The summed E-state index contributed by atoms with van der Waals surface area (Å²) in [5.41, 5.74) is 6.73. The smallest absolute Gasteiger partial charge is 0.219 e. The highest BCUT2D eigenvalue weighted by Gasteiger charge is 2.04. The van der Waals surface area contributed by atoms with Gasteiger partial charge in [0, 0.05) is 23.9 Å². The second kappa shape index (κ2) is 5.10. The van der Waals surface area contributed by atoms with E-state index in [0.717, 1.165) is 0 Å². The molecular formula is C13H11FN2OS. The number of benzene rings is 1. The first-order valence-electron chi connectivity index (χ1n) is 5.26. The summed E-state index contributed by atoms with van der Waals surface area (Å²) in [7, 11) is 0. The van der Waals surface area contributed by atoms with Crippen molar-refractivity contribution in [1.82, 2.24) is 4.98 Å². The van der Waals surface area contributed by atoms with E-state index >= 15 is 0 Å². The molecule has 2 N–H and O–H groups in total. The van der Waals surface area contributed by atoms with E-state index in [4.69, 9.17) is 22.7 Å². The van der Waals surface area contributed by atoms with Crippen molar-refractivity contribution in [2.24, 2.45) is 5.73 Å². The molecule has 0 aliphatic rings. The Morgan fingerprint density at radius 2 is 2.11 bits per heavy atom. The van der Waals surface area contributed by atoms with Crippen molar-refractivity contribution in [3.05, 3.63) is 53.5 Å². The number of ether oxygens (including phenoxy) is 1. The van der Waals surface area contributed by atoms with Crippen molar-refractivity contribution >= 4 is 17.2 Å². The van der Waals surface area contributed by atoms with E-state index in [1.807, 2.05) is 0 Å². The molecule has 1 aromatic heterocycles. The third-order valence-electron chi connectivity index (χ3n) is 2.39. The number of nitrogens with zero attached hydrogens (tertiary/aromatic N) is 1. The molecule has 0 bridgehead atoms. The van der Waals surface area contributed by atoms with E-state index in [-0.39, 0.29) is 10.8 Å². The zero-order valence-corrected chi connectivity index (χ0v) is 10.5. The van der Waals surface area contributed by atoms with E-state index in [2.05, 4.69) is 4.98 Å². The van der Waals surface area contributed by atoms with E-state index in [1.54, 1.807) is 31.2 Å². The Balaban J connectivity index is 2.25. The Hall–Kier alpha value is -2.01. The Labute approximate surface area is 109 Å². The summed E-state index contributed by atoms with van der Waals surface area (Å²) in [6, 6.07) is 7.92. The molecule has 5 heteroatoms. The van der Waals surface area contributed by atoms with Crippen LogP contribution in [0.3, 0.4) is 0 Å². The lowest BCUT2D eigenvalue weighted by atomic mass is 10.2. The average Bonchev–Trinajstić information content (AvgIpc) is 2.34. The normalized spacial score (nSPS) is 10.1. The van der Waals surface area contributed by atoms with E-state index < -0.39 is 0 Å². The van der Waals surface area contributed by atoms with Gasteiger partial charge in [0.1, 0.15) is 16.6 Å². The van der Waals surface area contributed by atoms with Crippen LogP contribution in [0.15, 0.2) is 36.5 Å². The van der Waals surface area contributed by atoms with Crippen LogP contribution < -0.4 is 10.5 Å². The maximum Gasteiger partial charge on any atom is 0.219 e. The Morgan fingerprint density at radius 3 is 2.78 bits per heavy atom. The third-order valence-corrected chi connectivity index (χ3v) is 2.62. The monoisotopic (exact) mass is 262 g/mol. The fourth-order valence-electron chi connectivity index (χ4n) is 1.38. The molecule has 2 aromatic rings. The lowest BCUT2D eigenvalue weighted by Crippen LogP contribution is -2.09. The van der Waals surface area contributed by atoms with E-state index in [0.29, 0.717) is 22.8 Å². The maximum absolute atomic E-state index is 13.3. The summed E-state index contributed by atoms with van der Waals surface area (Å²) in [5.74, 6) is 0.382. The summed E-state index contributed by atoms with van der Waals surface area (Å²) < 4.78 is 18.8. The molecular weight excluding hydrogens is 251 g/mol. The Kier molecular flexibility index (Phi) is 3.53. The van der Waals surface area contributed by atoms with Crippen LogP contribution in [-0.2, 0) is 0 Å². The van der Waals surface area contributed by atoms with Gasteiger partial charge >= 0.3 is 0 Å². The van der Waals surface area contributed by atoms with Gasteiger partial charge in [-0.1, -0.05) is 18.3 Å². The van der Waals surface area contributed by atoms with Gasteiger partial charge in [0.05, 0.1) is 0 Å². The minimum absolute atomic E-state index is 0.261. The van der Waals surface area contributed by atoms with Gasteiger partial charge in [0.15, 0.2) is 0 Å². The predicted octanol–water partition coefficient (Wildman–Crippen LogP) is 2.96. The molecule has 0 amide bonds. The molecule has 1 aromatic carbocycles. The minimum Gasteiger partial charge on any atom is -0.439 e. The minimum atomic E-state index is -0.321. The Bertz CT molecular complexity index is 601. The molecule has 92 valence electrons. The van der Waals surface area contributed by atoms with Gasteiger partial charge in [-0.25, -0.2) is 9.37 Å². The van der Waals surface area contributed by atoms with Crippen LogP contribution in [0.4, 0.5) is 4.39 Å². The fourth-order valence-corrected chi connectivity index (χ4v) is 1.50. The molecule has 0 radical (unpaired) electrons. The first kappa shape index (κ1) is 12.4. The molecule has 0 aliphatic carbocycles. The molecule has 0 spiro atoms. The third kappa shape index (κ3) is 2.81. The molecule has 0 saturated heterocycles. The van der Waals surface area contributed by atoms with Gasteiger partial charge < -0.3 is 10.5 Å². The number of aryl methyl sites for hydroxylation is 1. The molecule has 1 heterocycles. The van der Waals surface area contributed by atoms with Gasteiger partial charge in [-0.05, 0) is 24.6 Å². The van der Waals surface area contributed by atoms with E-state index in [1.165, 1.54) is 12.3 Å². The highest BCUT2D eigenvalue weighted by Crippen LogP contribution is 2.22. The highest BCUT2D eigenvalue weighted by molar-refractivity contribution is 7.80. The van der Waals surface area contributed by atoms with Gasteiger partial charge in [0.25, 0.3) is 0 Å². The summed E-state index contributed by atoms with van der Waals surface area (Å²) in [6.45, 7) is 1.69. The van der Waals surface area contributed by atoms with Crippen LogP contribution in [0.25, 0.3) is 0 Å². The average molecular weight is 262 g/mol. The molecule has 0 unspecified atom stereocenters. The summed E-state index contributed by atoms with van der Waals surface area (Å²) in [5, 5.41) is 0. The molecule has 3 nitrogen and oxygen atoms in total. The molecule has 18 heavy (non-hydrogen) atoms. The predicted molar refractivity (Wildman–Crippen MR) is 71.3 cm³/mol. The van der Waals surface area contributed by atoms with E-state index in [9.17, 15) is 4.39 Å². The van der Waals surface area contributed by atoms with Gasteiger partial charge in [-0.2, -0.15) is 0 Å². The van der Waals surface area contributed by atoms with Crippen LogP contribution >= 0.6 is 12.2 Å². The summed E-state index contributed by atoms with van der Waals surface area (Å²) >= 11 is 4.86. The second-order valence-corrected chi connectivity index (χ2v) is 4.20. The highest BCUT2D eigenvalue weighted by atomic mass is 32.1. The van der Waals surface area contributed by atoms with Gasteiger partial charge in [-0.15, -0.1) is 0 Å². The van der Waals surface area contributed by atoms with Crippen LogP contribution in [0.2, 0.25) is 0 Å². The van der Waals surface area contributed by atoms with Crippen molar-refractivity contribution in [3.8, 4) is 11.6 Å². The molecule has 0 aliphatic heterocycles. The number of nitrogens with two attached hydrogens (primary N) is 1. The number of pyridine rings is 1. The first-order valence-corrected chi connectivity index (χ1v) is 5.67. The van der Waals surface area contributed by atoms with Gasteiger partial charge in [-0.3, -0.25) is 0 Å². The maximum atomic E-state index is 13.3. The van der Waals surface area contributed by atoms with Crippen LogP contribution in [0.1, 0.15) is 11.1 Å². The quantitative estimate of drug-likeness (QED) is 0.864. The summed E-state index contributed by atoms with van der Waals surface area (Å²) in [4.78, 5) is 4.27. The number of hydrogen-bond acceptors (Lipinski definition) is 3. The number of thiocarbonyl (C=S) groups is 1. The second-order valence-electron chi connectivity index (χ2n) is 3.76. The fraction of sp³-hybridized carbons (Fsp3) is 0.0769. The zero-order chi connectivity index (χ0) is 13.1. The SMILES string of the molecule is Cc1ccc(Oc2cc(C(N)=S)ccn2)cc1F. The standard InChI is InChI=1S/C13H11FN2OS/c1-8-2-3-10(7-11(8)14)17-12-6-9(13(15)18)4-5-16-12/h2-7H,1H3,(H2,15,18). The summed E-state index contributed by atoms with van der Waals surface area (Å²) in [6.07, 6.45) is 1.54. The lowest BCUT2D eigenvalue weighted by Gasteiger charge is -2.06. The molecule has 2 rings (SSSR count). The number of hydrogen-bond donors (Lipinski definition) is 1. The number of rotatable bonds is 3. The lowest BCUT2D eigenvalue weighted by molar-refractivity contribution is 0.457. The molecule has 0 saturated carbocycles. The largest absolute Gasteiger partial charge is 0.439 e. The van der Waals surface area contributed by atoms with Crippen molar-refractivity contribution in [2.45, 2.75) is 6.92 Å². The van der Waals surface area contributed by atoms with Gasteiger partial charge in [0.2, 0.25) is 5.88 Å². The van der Waals surface area contributed by atoms with Crippen molar-refractivity contribution in [2.75, 3.05) is 0 Å². The number of halogens is 1. The van der Waals surface area contributed by atoms with Crippen LogP contribution in [0.5, 0.6) is 11.6 Å². The van der Waals surface area contributed by atoms with Crippen molar-refractivity contribution < 1.29 is 9.13 Å². The molecule has 0 atom stereocenters.